The molecule has 0 aromatic heterocycles. The monoisotopic (exact) mass is 255 g/mol. The van der Waals surface area contributed by atoms with E-state index >= 15 is 0 Å². The van der Waals surface area contributed by atoms with Gasteiger partial charge in [-0.1, -0.05) is 19.4 Å². The molecule has 2 N–H and O–H groups in total. The molecule has 5 nitrogen and oxygen atoms in total. The van der Waals surface area contributed by atoms with Crippen LogP contribution >= 0.6 is 0 Å². The van der Waals surface area contributed by atoms with Crippen LogP contribution in [0, 0.1) is 5.92 Å². The fraction of sp³-hybridized carbons (Fsp3) is 0.769. The summed E-state index contributed by atoms with van der Waals surface area (Å²) in [4.78, 5) is 13.8. The predicted octanol–water partition coefficient (Wildman–Crippen LogP) is 1.18. The second kappa shape index (κ2) is 8.11. The molecule has 1 aliphatic heterocycles. The van der Waals surface area contributed by atoms with Gasteiger partial charge in [-0.25, -0.2) is 4.79 Å². The maximum Gasteiger partial charge on any atom is 0.318 e. The summed E-state index contributed by atoms with van der Waals surface area (Å²) in [7, 11) is 0. The van der Waals surface area contributed by atoms with Gasteiger partial charge in [-0.15, -0.1) is 0 Å². The number of nitrogens with one attached hydrogen (secondary N) is 2. The van der Waals surface area contributed by atoms with Crippen molar-refractivity contribution in [3.05, 3.63) is 11.8 Å². The molecule has 1 heterocycles. The Kier molecular flexibility index (Phi) is 6.75. The minimum atomic E-state index is -0.136. The first-order chi connectivity index (χ1) is 8.59. The smallest absolute Gasteiger partial charge is 0.318 e. The highest BCUT2D eigenvalue weighted by molar-refractivity contribution is 5.74. The van der Waals surface area contributed by atoms with E-state index in [0.29, 0.717) is 12.5 Å². The Bertz CT molecular complexity index is 284. The number of carbonyl (C=O) groups excluding carboxylic acids is 1. The van der Waals surface area contributed by atoms with Gasteiger partial charge in [-0.2, -0.15) is 0 Å². The predicted molar refractivity (Wildman–Crippen MR) is 72.4 cm³/mol. The highest BCUT2D eigenvalue weighted by atomic mass is 16.5. The molecule has 0 unspecified atom stereocenters. The number of ether oxygens (including phenoxy) is 1. The number of nitrogens with zero attached hydrogens (tertiary/aromatic N) is 1. The average molecular weight is 255 g/mol. The molecular weight excluding hydrogens is 230 g/mol. The fourth-order valence-corrected chi connectivity index (χ4v) is 1.55. The Hall–Kier alpha value is -1.07. The van der Waals surface area contributed by atoms with Crippen LogP contribution in [-0.4, -0.2) is 50.3 Å². The highest BCUT2D eigenvalue weighted by Crippen LogP contribution is 2.05. The van der Waals surface area contributed by atoms with Crippen LogP contribution in [0.5, 0.6) is 0 Å². The lowest BCUT2D eigenvalue weighted by Gasteiger charge is -2.26. The lowest BCUT2D eigenvalue weighted by molar-refractivity contribution is 0.0387. The topological polar surface area (TPSA) is 53.6 Å². The highest BCUT2D eigenvalue weighted by Gasteiger charge is 2.09. The third-order valence-corrected chi connectivity index (χ3v) is 3.16. The van der Waals surface area contributed by atoms with Gasteiger partial charge in [0, 0.05) is 32.4 Å². The molecule has 18 heavy (non-hydrogen) atoms. The molecule has 0 radical (unpaired) electrons. The quantitative estimate of drug-likeness (QED) is 0.775. The van der Waals surface area contributed by atoms with Gasteiger partial charge in [0.25, 0.3) is 0 Å². The third-order valence-electron chi connectivity index (χ3n) is 3.16. The van der Waals surface area contributed by atoms with Crippen molar-refractivity contribution in [2.24, 2.45) is 5.92 Å². The van der Waals surface area contributed by atoms with Gasteiger partial charge in [-0.3, -0.25) is 4.90 Å². The minimum absolute atomic E-state index is 0.136. The van der Waals surface area contributed by atoms with Crippen molar-refractivity contribution in [2.45, 2.75) is 20.8 Å². The van der Waals surface area contributed by atoms with Crippen LogP contribution in [0.25, 0.3) is 0 Å². The molecule has 0 aromatic carbocycles. The number of carbonyl (C=O) groups is 1. The van der Waals surface area contributed by atoms with E-state index in [2.05, 4.69) is 29.4 Å². The number of amides is 2. The average Bonchev–Trinajstić information content (AvgIpc) is 2.37. The summed E-state index contributed by atoms with van der Waals surface area (Å²) < 4.78 is 5.27. The Labute approximate surface area is 110 Å². The van der Waals surface area contributed by atoms with Crippen molar-refractivity contribution in [3.63, 3.8) is 0 Å². The molecule has 1 rings (SSSR count). The zero-order valence-electron chi connectivity index (χ0n) is 11.7. The van der Waals surface area contributed by atoms with Gasteiger partial charge in [0.05, 0.1) is 13.2 Å². The van der Waals surface area contributed by atoms with Crippen molar-refractivity contribution in [2.75, 3.05) is 39.4 Å². The molecule has 0 saturated carbocycles. The Balaban J connectivity index is 2.11. The van der Waals surface area contributed by atoms with Crippen LogP contribution in [0.3, 0.4) is 0 Å². The molecule has 0 aliphatic carbocycles. The first-order valence-electron chi connectivity index (χ1n) is 6.60. The van der Waals surface area contributed by atoms with Crippen LogP contribution in [-0.2, 0) is 4.74 Å². The number of urea groups is 1. The number of hydrogen-bond acceptors (Lipinski definition) is 3. The number of rotatable bonds is 5. The first-order valence-corrected chi connectivity index (χ1v) is 6.60. The fourth-order valence-electron chi connectivity index (χ4n) is 1.55. The van der Waals surface area contributed by atoms with Gasteiger partial charge in [0.2, 0.25) is 0 Å². The third kappa shape index (κ3) is 6.02. The second-order valence-electron chi connectivity index (χ2n) is 4.90. The second-order valence-corrected chi connectivity index (χ2v) is 4.90. The molecule has 2 amide bonds. The summed E-state index contributed by atoms with van der Waals surface area (Å²) in [6.07, 6.45) is 1.77. The van der Waals surface area contributed by atoms with Crippen LogP contribution in [0.2, 0.25) is 0 Å². The number of hydrogen-bond donors (Lipinski definition) is 2. The van der Waals surface area contributed by atoms with Gasteiger partial charge < -0.3 is 15.4 Å². The summed E-state index contributed by atoms with van der Waals surface area (Å²) in [5.41, 5.74) is 1.17. The molecule has 0 atom stereocenters. The Morgan fingerprint density at radius 3 is 2.67 bits per heavy atom. The zero-order chi connectivity index (χ0) is 13.4. The molecule has 1 fully saturated rings. The van der Waals surface area contributed by atoms with Gasteiger partial charge >= 0.3 is 6.03 Å². The van der Waals surface area contributed by atoms with Crippen molar-refractivity contribution in [3.8, 4) is 0 Å². The summed E-state index contributed by atoms with van der Waals surface area (Å²) in [5.74, 6) is 0.457. The Morgan fingerprint density at radius 2 is 2.06 bits per heavy atom. The summed E-state index contributed by atoms with van der Waals surface area (Å²) in [5, 5.41) is 5.59. The van der Waals surface area contributed by atoms with Crippen molar-refractivity contribution >= 4 is 6.03 Å². The van der Waals surface area contributed by atoms with E-state index in [1.807, 2.05) is 6.92 Å². The van der Waals surface area contributed by atoms with E-state index in [9.17, 15) is 4.79 Å². The van der Waals surface area contributed by atoms with Crippen molar-refractivity contribution in [1.29, 1.82) is 0 Å². The van der Waals surface area contributed by atoms with E-state index < -0.39 is 0 Å². The van der Waals surface area contributed by atoms with Gasteiger partial charge in [0.1, 0.15) is 0 Å². The molecule has 1 saturated heterocycles. The van der Waals surface area contributed by atoms with E-state index in [-0.39, 0.29) is 6.03 Å². The summed E-state index contributed by atoms with van der Waals surface area (Å²) in [6, 6.07) is -0.136. The lowest BCUT2D eigenvalue weighted by Crippen LogP contribution is -2.42. The molecular formula is C13H25N3O2. The normalized spacial score (nSPS) is 17.9. The van der Waals surface area contributed by atoms with Crippen LogP contribution < -0.4 is 10.6 Å². The molecule has 0 spiro atoms. The minimum Gasteiger partial charge on any atom is -0.379 e. The van der Waals surface area contributed by atoms with Crippen molar-refractivity contribution in [1.82, 2.24) is 15.5 Å². The van der Waals surface area contributed by atoms with Crippen LogP contribution in [0.1, 0.15) is 20.8 Å². The first kappa shape index (κ1) is 15.0. The molecule has 5 heteroatoms. The van der Waals surface area contributed by atoms with E-state index in [1.54, 1.807) is 6.20 Å². The number of morpholine rings is 1. The molecule has 104 valence electrons. The summed E-state index contributed by atoms with van der Waals surface area (Å²) >= 11 is 0. The van der Waals surface area contributed by atoms with Crippen LogP contribution in [0.15, 0.2) is 11.8 Å². The van der Waals surface area contributed by atoms with Crippen molar-refractivity contribution < 1.29 is 9.53 Å². The lowest BCUT2D eigenvalue weighted by atomic mass is 10.1. The SMILES string of the molecule is C/C(=C\NC(=O)NCCN1CCOCC1)C(C)C. The largest absolute Gasteiger partial charge is 0.379 e. The van der Waals surface area contributed by atoms with E-state index in [4.69, 9.17) is 4.74 Å². The molecule has 0 aromatic rings. The van der Waals surface area contributed by atoms with E-state index in [0.717, 1.165) is 32.8 Å². The van der Waals surface area contributed by atoms with E-state index in [1.165, 1.54) is 5.57 Å². The Morgan fingerprint density at radius 1 is 1.39 bits per heavy atom. The van der Waals surface area contributed by atoms with Gasteiger partial charge in [0.15, 0.2) is 0 Å². The standard InChI is InChI=1S/C13H25N3O2/c1-11(2)12(3)10-15-13(17)14-4-5-16-6-8-18-9-7-16/h10-11H,4-9H2,1-3H3,(H2,14,15,17)/b12-10+. The number of allylic oxidation sites excluding steroid dienone is 1. The van der Waals surface area contributed by atoms with Crippen LogP contribution in [0.4, 0.5) is 4.79 Å². The zero-order valence-corrected chi connectivity index (χ0v) is 11.7. The maximum absolute atomic E-state index is 11.5. The maximum atomic E-state index is 11.5. The van der Waals surface area contributed by atoms with Gasteiger partial charge in [-0.05, 0) is 12.8 Å². The summed E-state index contributed by atoms with van der Waals surface area (Å²) in [6.45, 7) is 11.3. The molecule has 1 aliphatic rings. The molecule has 0 bridgehead atoms.